The minimum absolute atomic E-state index is 0. The third kappa shape index (κ3) is 21.6. The fraction of sp³-hybridized carbons (Fsp3) is 0.500. The molecule has 0 spiro atoms. The van der Waals surface area contributed by atoms with Crippen LogP contribution < -0.4 is 0 Å². The first-order chi connectivity index (χ1) is 3.48. The number of carbonyl (C=O) groups is 1. The van der Waals surface area contributed by atoms with Crippen molar-refractivity contribution in [1.29, 1.82) is 1.43 Å². The van der Waals surface area contributed by atoms with Gasteiger partial charge in [0.2, 0.25) is 0 Å². The van der Waals surface area contributed by atoms with E-state index in [1.807, 2.05) is 0 Å². The molecule has 0 aromatic carbocycles. The van der Waals surface area contributed by atoms with Gasteiger partial charge in [0, 0.05) is 11.0 Å². The summed E-state index contributed by atoms with van der Waals surface area (Å²) >= 11 is 0. The van der Waals surface area contributed by atoms with Crippen LogP contribution in [0.4, 0.5) is 0 Å². The van der Waals surface area contributed by atoms with Crippen LogP contribution in [0.25, 0.3) is 1.43 Å². The topological polar surface area (TPSA) is 68.8 Å². The van der Waals surface area contributed by atoms with Gasteiger partial charge < -0.3 is 10.6 Å². The first-order valence-corrected chi connectivity index (χ1v) is 0.658. The van der Waals surface area contributed by atoms with Crippen molar-refractivity contribution in [3.8, 4) is 0 Å². The lowest BCUT2D eigenvalue weighted by Crippen LogP contribution is -1.78. The summed E-state index contributed by atoms with van der Waals surface area (Å²) in [4.78, 5) is 9.86. The molecule has 0 amide bonds. The zero-order chi connectivity index (χ0) is 6.78. The molecule has 0 saturated carbocycles. The van der Waals surface area contributed by atoms with Gasteiger partial charge in [-0.25, -0.2) is 0 Å². The average Bonchev–Trinajstić information content (AvgIpc) is 1.62. The van der Waals surface area contributed by atoms with Crippen molar-refractivity contribution in [2.45, 2.75) is 6.85 Å². The fourth-order valence-corrected chi connectivity index (χ4v) is 0. The smallest absolute Gasteiger partial charge is 0.300 e. The van der Waals surface area contributed by atoms with Crippen molar-refractivity contribution < 1.29 is 19.5 Å². The summed E-state index contributed by atoms with van der Waals surface area (Å²) < 4.78 is 24.7. The molecular formula is C2H6O3. The maximum absolute atomic E-state index is 9.86. The predicted molar refractivity (Wildman–Crippen MR) is 16.9 cm³/mol. The molecule has 3 heteroatoms. The summed E-state index contributed by atoms with van der Waals surface area (Å²) in [5, 5.41) is 3.16. The number of aliphatic carboxylic acids is 1. The highest BCUT2D eigenvalue weighted by Crippen LogP contribution is 1.42. The fourth-order valence-electron chi connectivity index (χ4n) is 0. The third-order valence-corrected chi connectivity index (χ3v) is 0. The molecule has 0 atom stereocenters. The second-order valence-corrected chi connectivity index (χ2v) is 0.287. The van der Waals surface area contributed by atoms with E-state index in [2.05, 4.69) is 5.11 Å². The summed E-state index contributed by atoms with van der Waals surface area (Å²) in [7, 11) is 0. The van der Waals surface area contributed by atoms with E-state index >= 15 is 0 Å². The molecule has 5 heavy (non-hydrogen) atoms. The van der Waals surface area contributed by atoms with E-state index in [4.69, 9.17) is 5.54 Å². The first-order valence-electron chi connectivity index (χ1n) is 2.57. The van der Waals surface area contributed by atoms with Crippen molar-refractivity contribution in [3.05, 3.63) is 0 Å². The Hall–Kier alpha value is -0.570. The van der Waals surface area contributed by atoms with Gasteiger partial charge >= 0.3 is 0 Å². The number of hydrogen-bond acceptors (Lipinski definition) is 2. The van der Waals surface area contributed by atoms with Gasteiger partial charge in [-0.05, 0) is 0 Å². The highest BCUT2D eigenvalue weighted by molar-refractivity contribution is 5.62. The van der Waals surface area contributed by atoms with E-state index in [9.17, 15) is 4.79 Å². The highest BCUT2D eigenvalue weighted by atomic mass is 16.4. The third-order valence-electron chi connectivity index (χ3n) is 0. The zero-order valence-electron chi connectivity index (χ0n) is 6.32. The average molecular weight is 82.1 g/mol. The minimum Gasteiger partial charge on any atom is -0.481 e. The summed E-state index contributed by atoms with van der Waals surface area (Å²) in [5.41, 5.74) is 0. The molecule has 0 radical (unpaired) electrons. The monoisotopic (exact) mass is 82.1 g/mol. The molecule has 0 saturated heterocycles. The van der Waals surface area contributed by atoms with Crippen molar-refractivity contribution in [2.75, 3.05) is 0 Å². The maximum Gasteiger partial charge on any atom is 0.300 e. The van der Waals surface area contributed by atoms with Crippen molar-refractivity contribution >= 4 is 5.97 Å². The Labute approximate surface area is 35.2 Å². The Morgan fingerprint density at radius 3 is 3.00 bits per heavy atom. The van der Waals surface area contributed by atoms with Crippen molar-refractivity contribution in [3.63, 3.8) is 0 Å². The summed E-state index contributed by atoms with van der Waals surface area (Å²) in [6.45, 7) is -2.79. The van der Waals surface area contributed by atoms with E-state index in [0.717, 1.165) is 0 Å². The molecule has 0 aromatic rings. The highest BCUT2D eigenvalue weighted by Gasteiger charge is 1.65. The Kier molecular flexibility index (Phi) is 0.865. The summed E-state index contributed by atoms with van der Waals surface area (Å²) in [6, 6.07) is 0. The van der Waals surface area contributed by atoms with E-state index in [1.165, 1.54) is 0 Å². The van der Waals surface area contributed by atoms with E-state index < -0.39 is 12.8 Å². The normalized spacial score (nSPS) is 18.4. The van der Waals surface area contributed by atoms with Gasteiger partial charge in [0.15, 0.2) is 0 Å². The second kappa shape index (κ2) is 3.43. The number of rotatable bonds is 0. The van der Waals surface area contributed by atoms with Crippen LogP contribution in [-0.4, -0.2) is 16.6 Å². The lowest BCUT2D eigenvalue weighted by atomic mass is 10.9. The van der Waals surface area contributed by atoms with Crippen LogP contribution in [0.2, 0.25) is 0 Å². The Bertz CT molecular complexity index is 96.5. The van der Waals surface area contributed by atoms with E-state index in [-0.39, 0.29) is 5.48 Å². The molecule has 0 aromatic heterocycles. The zero-order valence-corrected chi connectivity index (χ0v) is 2.32. The van der Waals surface area contributed by atoms with Crippen molar-refractivity contribution in [1.82, 2.24) is 0 Å². The van der Waals surface area contributed by atoms with Gasteiger partial charge in [0.05, 0.1) is 0 Å². The predicted octanol–water partition coefficient (Wildman–Crippen LogP) is -0.734. The summed E-state index contributed by atoms with van der Waals surface area (Å²) in [6.07, 6.45) is 0. The van der Waals surface area contributed by atoms with Crippen LogP contribution in [0.5, 0.6) is 0 Å². The van der Waals surface area contributed by atoms with Gasteiger partial charge in [-0.15, -0.1) is 0 Å². The lowest BCUT2D eigenvalue weighted by molar-refractivity contribution is -0.134. The quantitative estimate of drug-likeness (QED) is 0.418. The molecule has 0 aliphatic rings. The van der Waals surface area contributed by atoms with E-state index in [1.54, 1.807) is 0 Å². The van der Waals surface area contributed by atoms with Crippen molar-refractivity contribution in [2.24, 2.45) is 0 Å². The molecule has 32 valence electrons. The number of carboxylic acids is 1. The van der Waals surface area contributed by atoms with Gasteiger partial charge in [-0.3, -0.25) is 4.79 Å². The molecule has 0 bridgehead atoms. The molecule has 0 aliphatic heterocycles. The van der Waals surface area contributed by atoms with Crippen LogP contribution in [0.3, 0.4) is 0 Å². The maximum atomic E-state index is 9.86. The number of carboxylic acid groups (broad SMARTS) is 1. The minimum atomic E-state index is -2.79. The van der Waals surface area contributed by atoms with Crippen LogP contribution in [0, 0.1) is 0 Å². The molecule has 0 aliphatic carbocycles. The van der Waals surface area contributed by atoms with Crippen LogP contribution in [0.15, 0.2) is 0 Å². The van der Waals surface area contributed by atoms with Gasteiger partial charge in [0.1, 0.15) is 0 Å². The largest absolute Gasteiger partial charge is 0.481 e. The number of hydrogen-bond donors (Lipinski definition) is 1. The molecule has 3 nitrogen and oxygen atoms in total. The van der Waals surface area contributed by atoms with Gasteiger partial charge in [0.25, 0.3) is 7.40 Å². The Morgan fingerprint density at radius 1 is 2.40 bits per heavy atom. The van der Waals surface area contributed by atoms with Crippen LogP contribution in [0.1, 0.15) is 11.0 Å². The van der Waals surface area contributed by atoms with Crippen LogP contribution >= 0.6 is 0 Å². The summed E-state index contributed by atoms with van der Waals surface area (Å²) in [5.74, 6) is -1.50. The van der Waals surface area contributed by atoms with Gasteiger partial charge in [-0.1, -0.05) is 0 Å². The molecule has 0 rings (SSSR count). The molecular weight excluding hydrogens is 72.0 g/mol. The second-order valence-electron chi connectivity index (χ2n) is 0.287. The molecule has 0 fully saturated rings. The van der Waals surface area contributed by atoms with E-state index in [0.29, 0.717) is 0 Å². The Balaban J connectivity index is 0. The van der Waals surface area contributed by atoms with Crippen LogP contribution in [-0.2, 0) is 4.79 Å². The SMILES string of the molecule is O.[2H]OC(=O)C([2H])([2H])[2H]. The molecule has 0 unspecified atom stereocenters. The molecule has 3 N–H and O–H groups in total. The standard InChI is InChI=1S/C2H4O2.H2O/c1-2(3)4;/h1H3,(H,3,4);1H2/i1D3;/hD. The lowest BCUT2D eigenvalue weighted by Gasteiger charge is -1.59. The molecule has 0 heterocycles. The first kappa shape index (κ1) is 1.26. The van der Waals surface area contributed by atoms with Gasteiger partial charge in [-0.2, -0.15) is 0 Å². The Morgan fingerprint density at radius 2 is 3.00 bits per heavy atom.